The number of nitrogens with one attached hydrogen (secondary N) is 1. The van der Waals surface area contributed by atoms with E-state index in [2.05, 4.69) is 15.2 Å². The molecule has 14 heteroatoms. The van der Waals surface area contributed by atoms with Crippen molar-refractivity contribution in [3.63, 3.8) is 0 Å². The summed E-state index contributed by atoms with van der Waals surface area (Å²) in [6.07, 6.45) is -2.37. The molecular weight excluding hydrogens is 541 g/mol. The highest BCUT2D eigenvalue weighted by Gasteiger charge is 2.54. The predicted molar refractivity (Wildman–Crippen MR) is 144 cm³/mol. The minimum absolute atomic E-state index is 0.233. The van der Waals surface area contributed by atoms with Gasteiger partial charge in [0, 0.05) is 5.39 Å². The van der Waals surface area contributed by atoms with Crippen LogP contribution in [0.25, 0.3) is 16.3 Å². The topological polar surface area (TPSA) is 180 Å². The summed E-state index contributed by atoms with van der Waals surface area (Å²) in [6.45, 7) is 2.40. The van der Waals surface area contributed by atoms with E-state index in [4.69, 9.17) is 24.3 Å². The Morgan fingerprint density at radius 2 is 2.00 bits per heavy atom. The third-order valence-electron chi connectivity index (χ3n) is 6.86. The number of hydrogen-bond donors (Lipinski definition) is 4. The molecule has 2 aromatic carbocycles. The molecule has 1 aliphatic rings. The SMILES string of the molecule is COC(=O)[C@H](C)NP(=O)(OC[C@H]1O[C@@H](c2ccc3c(N)ncnn23)[C@](C)(O)[C@@H]1O)Oc1cccc2ccccc12. The van der Waals surface area contributed by atoms with Crippen LogP contribution < -0.4 is 15.3 Å². The maximum atomic E-state index is 14.0. The minimum atomic E-state index is -4.28. The molecule has 6 atom stereocenters. The van der Waals surface area contributed by atoms with E-state index in [-0.39, 0.29) is 11.6 Å². The number of hydrogen-bond acceptors (Lipinski definition) is 11. The lowest BCUT2D eigenvalue weighted by atomic mass is 9.91. The highest BCUT2D eigenvalue weighted by atomic mass is 31.2. The van der Waals surface area contributed by atoms with Crippen molar-refractivity contribution in [3.8, 4) is 5.75 Å². The fraction of sp³-hybridized carbons (Fsp3) is 0.346. The second-order valence-corrected chi connectivity index (χ2v) is 11.4. The number of nitrogen functional groups attached to an aromatic ring is 1. The summed E-state index contributed by atoms with van der Waals surface area (Å²) < 4.78 is 37.9. The molecule has 1 aliphatic heterocycles. The maximum absolute atomic E-state index is 14.0. The molecule has 1 unspecified atom stereocenters. The van der Waals surface area contributed by atoms with Crippen LogP contribution in [0.4, 0.5) is 5.82 Å². The van der Waals surface area contributed by atoms with E-state index in [0.29, 0.717) is 16.6 Å². The van der Waals surface area contributed by atoms with Gasteiger partial charge < -0.3 is 29.9 Å². The van der Waals surface area contributed by atoms with Gasteiger partial charge in [0.05, 0.1) is 19.4 Å². The number of nitrogens with two attached hydrogens (primary N) is 1. The zero-order valence-corrected chi connectivity index (χ0v) is 22.9. The Morgan fingerprint density at radius 3 is 2.77 bits per heavy atom. The van der Waals surface area contributed by atoms with Crippen molar-refractivity contribution >= 4 is 35.8 Å². The molecule has 5 N–H and O–H groups in total. The predicted octanol–water partition coefficient (Wildman–Crippen LogP) is 2.37. The van der Waals surface area contributed by atoms with Crippen molar-refractivity contribution < 1.29 is 38.1 Å². The Morgan fingerprint density at radius 1 is 1.25 bits per heavy atom. The number of benzene rings is 2. The first kappa shape index (κ1) is 28.0. The first-order valence-corrected chi connectivity index (χ1v) is 14.0. The number of fused-ring (bicyclic) bond motifs is 2. The molecule has 0 radical (unpaired) electrons. The van der Waals surface area contributed by atoms with Crippen molar-refractivity contribution in [2.45, 2.75) is 43.8 Å². The number of carbonyl (C=O) groups is 1. The number of esters is 1. The molecule has 3 heterocycles. The van der Waals surface area contributed by atoms with Crippen LogP contribution in [0.15, 0.2) is 60.9 Å². The highest BCUT2D eigenvalue weighted by Crippen LogP contribution is 2.49. The van der Waals surface area contributed by atoms with Gasteiger partial charge in [-0.15, -0.1) is 0 Å². The van der Waals surface area contributed by atoms with Crippen LogP contribution in [0.1, 0.15) is 25.6 Å². The van der Waals surface area contributed by atoms with Crippen LogP contribution >= 0.6 is 7.75 Å². The summed E-state index contributed by atoms with van der Waals surface area (Å²) in [4.78, 5) is 16.1. The number of methoxy groups -OCH3 is 1. The number of aliphatic hydroxyl groups excluding tert-OH is 1. The fourth-order valence-corrected chi connectivity index (χ4v) is 6.24. The third-order valence-corrected chi connectivity index (χ3v) is 8.49. The largest absolute Gasteiger partial charge is 0.468 e. The second kappa shape index (κ2) is 10.8. The van der Waals surface area contributed by atoms with Crippen LogP contribution in [-0.4, -0.2) is 68.3 Å². The maximum Gasteiger partial charge on any atom is 0.459 e. The lowest BCUT2D eigenvalue weighted by Gasteiger charge is -2.27. The molecule has 1 fully saturated rings. The molecule has 5 rings (SSSR count). The smallest absolute Gasteiger partial charge is 0.459 e. The quantitative estimate of drug-likeness (QED) is 0.170. The highest BCUT2D eigenvalue weighted by molar-refractivity contribution is 7.52. The lowest BCUT2D eigenvalue weighted by molar-refractivity contribution is -0.142. The van der Waals surface area contributed by atoms with Gasteiger partial charge in [0.15, 0.2) is 5.82 Å². The van der Waals surface area contributed by atoms with E-state index in [1.54, 1.807) is 36.4 Å². The van der Waals surface area contributed by atoms with Gasteiger partial charge in [-0.2, -0.15) is 10.2 Å². The van der Waals surface area contributed by atoms with Crippen molar-refractivity contribution in [2.75, 3.05) is 19.5 Å². The van der Waals surface area contributed by atoms with Gasteiger partial charge in [0.1, 0.15) is 47.5 Å². The fourth-order valence-electron chi connectivity index (χ4n) is 4.72. The molecule has 0 aliphatic carbocycles. The van der Waals surface area contributed by atoms with Gasteiger partial charge in [-0.1, -0.05) is 36.4 Å². The number of rotatable bonds is 9. The van der Waals surface area contributed by atoms with Gasteiger partial charge in [-0.3, -0.25) is 9.32 Å². The number of anilines is 1. The molecule has 0 spiro atoms. The molecule has 2 aromatic heterocycles. The van der Waals surface area contributed by atoms with Crippen LogP contribution in [-0.2, 0) is 23.4 Å². The third kappa shape index (κ3) is 5.15. The van der Waals surface area contributed by atoms with Crippen molar-refractivity contribution in [3.05, 3.63) is 66.6 Å². The normalized spacial score (nSPS) is 25.1. The van der Waals surface area contributed by atoms with Crippen molar-refractivity contribution in [1.82, 2.24) is 19.7 Å². The molecule has 40 heavy (non-hydrogen) atoms. The van der Waals surface area contributed by atoms with E-state index in [9.17, 15) is 19.6 Å². The first-order chi connectivity index (χ1) is 19.0. The van der Waals surface area contributed by atoms with Crippen LogP contribution in [0.5, 0.6) is 5.75 Å². The van der Waals surface area contributed by atoms with Crippen LogP contribution in [0.2, 0.25) is 0 Å². The van der Waals surface area contributed by atoms with E-state index in [0.717, 1.165) is 5.39 Å². The Hall–Kier alpha value is -3.58. The zero-order valence-electron chi connectivity index (χ0n) is 22.0. The molecular formula is C26H30N5O8P. The minimum Gasteiger partial charge on any atom is -0.468 e. The summed E-state index contributed by atoms with van der Waals surface area (Å²) in [6, 6.07) is 14.8. The van der Waals surface area contributed by atoms with Crippen molar-refractivity contribution in [1.29, 1.82) is 0 Å². The molecule has 0 amide bonds. The zero-order chi connectivity index (χ0) is 28.7. The Balaban J connectivity index is 1.41. The monoisotopic (exact) mass is 571 g/mol. The van der Waals surface area contributed by atoms with Gasteiger partial charge in [0.2, 0.25) is 0 Å². The van der Waals surface area contributed by atoms with Crippen molar-refractivity contribution in [2.24, 2.45) is 0 Å². The number of aromatic nitrogens is 3. The number of carbonyl (C=O) groups excluding carboxylic acids is 1. The summed E-state index contributed by atoms with van der Waals surface area (Å²) in [5, 5.41) is 30.5. The standard InChI is InChI=1S/C26H30N5O8P/c1-15(25(33)36-3)30-40(35,39-20-10-6-8-16-7-4-5-9-17(16)20)37-13-21-22(32)26(2,34)23(38-21)18-11-12-19-24(27)28-14-29-31(18)19/h4-12,14-15,21-23,32,34H,13H2,1-3H3,(H,30,35)(H2,27,28,29)/t15-,21+,22+,23-,26+,40?/m0/s1. The number of nitrogens with zero attached hydrogens (tertiary/aromatic N) is 3. The van der Waals surface area contributed by atoms with E-state index in [1.165, 1.54) is 31.8 Å². The number of aliphatic hydroxyl groups is 2. The summed E-state index contributed by atoms with van der Waals surface area (Å²) >= 11 is 0. The second-order valence-electron chi connectivity index (χ2n) is 9.66. The van der Waals surface area contributed by atoms with E-state index < -0.39 is 50.3 Å². The lowest BCUT2D eigenvalue weighted by Crippen LogP contribution is -2.43. The molecule has 4 aromatic rings. The number of ether oxygens (including phenoxy) is 2. The van der Waals surface area contributed by atoms with Crippen LogP contribution in [0.3, 0.4) is 0 Å². The summed E-state index contributed by atoms with van der Waals surface area (Å²) in [5.41, 5.74) is 5.06. The van der Waals surface area contributed by atoms with Gasteiger partial charge in [-0.25, -0.2) is 14.1 Å². The Bertz CT molecular complexity index is 1590. The molecule has 0 bridgehead atoms. The first-order valence-electron chi connectivity index (χ1n) is 12.5. The average Bonchev–Trinajstić information content (AvgIpc) is 3.46. The molecule has 0 saturated carbocycles. The molecule has 212 valence electrons. The Kier molecular flexibility index (Phi) is 7.53. The summed E-state index contributed by atoms with van der Waals surface area (Å²) in [7, 11) is -3.08. The van der Waals surface area contributed by atoms with Gasteiger partial charge in [-0.05, 0) is 37.4 Å². The van der Waals surface area contributed by atoms with Gasteiger partial charge >= 0.3 is 13.7 Å². The van der Waals surface area contributed by atoms with Crippen LogP contribution in [0, 0.1) is 0 Å². The molecule has 1 saturated heterocycles. The molecule has 13 nitrogen and oxygen atoms in total. The average molecular weight is 572 g/mol. The van der Waals surface area contributed by atoms with E-state index in [1.807, 2.05) is 18.2 Å². The van der Waals surface area contributed by atoms with E-state index >= 15 is 0 Å². The van der Waals surface area contributed by atoms with Gasteiger partial charge in [0.25, 0.3) is 0 Å². The Labute approximate surface area is 229 Å². The summed E-state index contributed by atoms with van der Waals surface area (Å²) in [5.74, 6) is -0.204.